The summed E-state index contributed by atoms with van der Waals surface area (Å²) in [6.07, 6.45) is 5.08. The van der Waals surface area contributed by atoms with Crippen molar-refractivity contribution in [2.24, 2.45) is 0 Å². The molecule has 0 aromatic heterocycles. The molecule has 0 radical (unpaired) electrons. The number of phenolic OH excluding ortho intramolecular Hbond substituents is 2. The largest absolute Gasteiger partial charge is 0.504 e. The van der Waals surface area contributed by atoms with E-state index in [0.29, 0.717) is 12.0 Å². The number of benzene rings is 2. The Hall–Kier alpha value is -2.52. The first-order valence-electron chi connectivity index (χ1n) is 8.50. The smallest absolute Gasteiger partial charge is 0.165 e. The van der Waals surface area contributed by atoms with E-state index in [2.05, 4.69) is 13.2 Å². The van der Waals surface area contributed by atoms with Gasteiger partial charge in [0.15, 0.2) is 11.5 Å². The summed E-state index contributed by atoms with van der Waals surface area (Å²) in [7, 11) is 0. The molecule has 3 nitrogen and oxygen atoms in total. The number of phenols is 2. The van der Waals surface area contributed by atoms with Crippen LogP contribution in [0.3, 0.4) is 0 Å². The van der Waals surface area contributed by atoms with Gasteiger partial charge in [-0.1, -0.05) is 36.4 Å². The van der Waals surface area contributed by atoms with E-state index in [1.54, 1.807) is 12.1 Å². The van der Waals surface area contributed by atoms with Crippen molar-refractivity contribution >= 4 is 0 Å². The Bertz CT molecular complexity index is 670. The van der Waals surface area contributed by atoms with Gasteiger partial charge in [0.25, 0.3) is 0 Å². The van der Waals surface area contributed by atoms with Crippen LogP contribution in [0.15, 0.2) is 61.7 Å². The summed E-state index contributed by atoms with van der Waals surface area (Å²) < 4.78 is 4.83. The Morgan fingerprint density at radius 2 is 1.44 bits per heavy atom. The third-order valence-electron chi connectivity index (χ3n) is 3.58. The molecule has 134 valence electrons. The van der Waals surface area contributed by atoms with Crippen molar-refractivity contribution in [2.45, 2.75) is 26.7 Å². The van der Waals surface area contributed by atoms with Crippen LogP contribution in [0.2, 0.25) is 0 Å². The minimum atomic E-state index is -0.102. The molecule has 0 heterocycles. The van der Waals surface area contributed by atoms with Gasteiger partial charge in [-0.3, -0.25) is 0 Å². The standard InChI is InChI=1S/C18H18O2.C4H10O/c1-3-5-13-7-9-15(10-8-13)16-11-14(6-4-2)12-17(19)18(16)20;1-3-5-4-2/h3-4,7-12,19-20H,1-2,5-6H2;3-4H2,1-2H3. The molecule has 0 bridgehead atoms. The van der Waals surface area contributed by atoms with Gasteiger partial charge in [-0.25, -0.2) is 0 Å². The monoisotopic (exact) mass is 340 g/mol. The molecule has 0 saturated carbocycles. The molecule has 2 aromatic rings. The van der Waals surface area contributed by atoms with Crippen molar-refractivity contribution in [2.75, 3.05) is 13.2 Å². The average molecular weight is 340 g/mol. The highest BCUT2D eigenvalue weighted by molar-refractivity contribution is 5.74. The van der Waals surface area contributed by atoms with Gasteiger partial charge in [-0.05, 0) is 55.5 Å². The zero-order valence-electron chi connectivity index (χ0n) is 15.2. The Morgan fingerprint density at radius 1 is 0.880 bits per heavy atom. The van der Waals surface area contributed by atoms with Crippen LogP contribution in [0, 0.1) is 0 Å². The predicted octanol–water partition coefficient (Wildman–Crippen LogP) is 5.26. The first-order valence-corrected chi connectivity index (χ1v) is 8.50. The van der Waals surface area contributed by atoms with Crippen LogP contribution in [0.1, 0.15) is 25.0 Å². The molecular weight excluding hydrogens is 312 g/mol. The van der Waals surface area contributed by atoms with E-state index in [9.17, 15) is 10.2 Å². The summed E-state index contributed by atoms with van der Waals surface area (Å²) in [5.74, 6) is -0.191. The molecule has 0 fully saturated rings. The minimum absolute atomic E-state index is 0.0886. The normalized spacial score (nSPS) is 9.84. The molecule has 2 N–H and O–H groups in total. The van der Waals surface area contributed by atoms with Crippen LogP contribution in [0.25, 0.3) is 11.1 Å². The van der Waals surface area contributed by atoms with Crippen LogP contribution < -0.4 is 0 Å². The van der Waals surface area contributed by atoms with Crippen LogP contribution in [0.5, 0.6) is 11.5 Å². The van der Waals surface area contributed by atoms with Crippen LogP contribution in [0.4, 0.5) is 0 Å². The number of hydrogen-bond acceptors (Lipinski definition) is 3. The number of aromatic hydroxyl groups is 2. The van der Waals surface area contributed by atoms with Gasteiger partial charge in [0, 0.05) is 18.8 Å². The second kappa shape index (κ2) is 11.1. The van der Waals surface area contributed by atoms with Crippen molar-refractivity contribution in [1.29, 1.82) is 0 Å². The van der Waals surface area contributed by atoms with Gasteiger partial charge in [-0.2, -0.15) is 0 Å². The molecule has 0 aliphatic heterocycles. The van der Waals surface area contributed by atoms with E-state index in [0.717, 1.165) is 36.3 Å². The Kier molecular flexibility index (Phi) is 9.12. The lowest BCUT2D eigenvalue weighted by atomic mass is 9.98. The Labute approximate surface area is 150 Å². The second-order valence-electron chi connectivity index (χ2n) is 5.48. The van der Waals surface area contributed by atoms with E-state index >= 15 is 0 Å². The quantitative estimate of drug-likeness (QED) is 0.533. The highest BCUT2D eigenvalue weighted by Crippen LogP contribution is 2.37. The van der Waals surface area contributed by atoms with Crippen molar-refractivity contribution < 1.29 is 14.9 Å². The molecule has 0 amide bonds. The van der Waals surface area contributed by atoms with Gasteiger partial charge in [-0.15, -0.1) is 13.2 Å². The SMILES string of the molecule is C=CCc1ccc(-c2cc(CC=C)cc(O)c2O)cc1.CCOCC. The van der Waals surface area contributed by atoms with Crippen LogP contribution in [-0.2, 0) is 17.6 Å². The molecule has 2 rings (SSSR count). The van der Waals surface area contributed by atoms with Gasteiger partial charge in [0.1, 0.15) is 0 Å². The highest BCUT2D eigenvalue weighted by atomic mass is 16.5. The molecule has 3 heteroatoms. The van der Waals surface area contributed by atoms with Crippen LogP contribution in [-0.4, -0.2) is 23.4 Å². The van der Waals surface area contributed by atoms with Crippen LogP contribution >= 0.6 is 0 Å². The molecule has 0 saturated heterocycles. The van der Waals surface area contributed by atoms with Gasteiger partial charge >= 0.3 is 0 Å². The summed E-state index contributed by atoms with van der Waals surface area (Å²) in [6, 6.07) is 11.3. The van der Waals surface area contributed by atoms with E-state index < -0.39 is 0 Å². The lowest BCUT2D eigenvalue weighted by Gasteiger charge is -2.10. The topological polar surface area (TPSA) is 49.7 Å². The number of hydrogen-bond donors (Lipinski definition) is 2. The van der Waals surface area contributed by atoms with Crippen molar-refractivity contribution in [3.05, 3.63) is 72.8 Å². The second-order valence-corrected chi connectivity index (χ2v) is 5.48. The Morgan fingerprint density at radius 3 is 1.92 bits per heavy atom. The van der Waals surface area contributed by atoms with Gasteiger partial charge in [0.2, 0.25) is 0 Å². The summed E-state index contributed by atoms with van der Waals surface area (Å²) in [6.45, 7) is 13.1. The van der Waals surface area contributed by atoms with E-state index in [-0.39, 0.29) is 11.5 Å². The summed E-state index contributed by atoms with van der Waals surface area (Å²) >= 11 is 0. The number of rotatable bonds is 7. The molecule has 0 aliphatic rings. The predicted molar refractivity (Wildman–Crippen MR) is 105 cm³/mol. The summed E-state index contributed by atoms with van der Waals surface area (Å²) in [5, 5.41) is 19.8. The zero-order valence-corrected chi connectivity index (χ0v) is 15.2. The maximum absolute atomic E-state index is 10.0. The molecule has 0 aliphatic carbocycles. The van der Waals surface area contributed by atoms with E-state index in [1.807, 2.05) is 50.3 Å². The maximum Gasteiger partial charge on any atom is 0.165 e. The summed E-state index contributed by atoms with van der Waals surface area (Å²) in [4.78, 5) is 0. The molecular formula is C22H28O3. The maximum atomic E-state index is 10.0. The highest BCUT2D eigenvalue weighted by Gasteiger charge is 2.10. The van der Waals surface area contributed by atoms with Crippen molar-refractivity contribution in [3.8, 4) is 22.6 Å². The van der Waals surface area contributed by atoms with Gasteiger partial charge < -0.3 is 14.9 Å². The minimum Gasteiger partial charge on any atom is -0.504 e. The fourth-order valence-electron chi connectivity index (χ4n) is 2.37. The van der Waals surface area contributed by atoms with E-state index in [4.69, 9.17) is 4.74 Å². The lowest BCUT2D eigenvalue weighted by Crippen LogP contribution is -1.87. The fourth-order valence-corrected chi connectivity index (χ4v) is 2.37. The molecule has 0 unspecified atom stereocenters. The average Bonchev–Trinajstić information content (AvgIpc) is 2.61. The van der Waals surface area contributed by atoms with Crippen molar-refractivity contribution in [1.82, 2.24) is 0 Å². The summed E-state index contributed by atoms with van der Waals surface area (Å²) in [5.41, 5.74) is 3.58. The number of ether oxygens (including phenoxy) is 1. The first-order chi connectivity index (χ1) is 12.1. The first kappa shape index (κ1) is 20.5. The molecule has 25 heavy (non-hydrogen) atoms. The molecule has 2 aromatic carbocycles. The fraction of sp³-hybridized carbons (Fsp3) is 0.273. The third kappa shape index (κ3) is 6.48. The molecule has 0 spiro atoms. The van der Waals surface area contributed by atoms with E-state index in [1.165, 1.54) is 0 Å². The Balaban J connectivity index is 0.000000550. The number of allylic oxidation sites excluding steroid dienone is 2. The van der Waals surface area contributed by atoms with Gasteiger partial charge in [0.05, 0.1) is 0 Å². The third-order valence-corrected chi connectivity index (χ3v) is 3.58. The van der Waals surface area contributed by atoms with Crippen molar-refractivity contribution in [3.63, 3.8) is 0 Å². The zero-order chi connectivity index (χ0) is 18.7. The lowest BCUT2D eigenvalue weighted by molar-refractivity contribution is 0.162. The molecule has 0 atom stereocenters.